The van der Waals surface area contributed by atoms with Gasteiger partial charge in [0.05, 0.1) is 10.8 Å². The van der Waals surface area contributed by atoms with Crippen LogP contribution >= 0.6 is 23.5 Å². The van der Waals surface area contributed by atoms with Crippen molar-refractivity contribution < 1.29 is 18.0 Å². The van der Waals surface area contributed by atoms with Crippen molar-refractivity contribution in [1.29, 1.82) is 0 Å². The van der Waals surface area contributed by atoms with E-state index in [0.717, 1.165) is 23.6 Å². The van der Waals surface area contributed by atoms with E-state index in [4.69, 9.17) is 0 Å². The van der Waals surface area contributed by atoms with Crippen LogP contribution in [-0.4, -0.2) is 28.3 Å². The molecular formula is C11H9F3OS2. The van der Waals surface area contributed by atoms with Gasteiger partial charge >= 0.3 is 0 Å². The molecule has 2 rings (SSSR count). The number of ketones is 1. The van der Waals surface area contributed by atoms with E-state index in [2.05, 4.69) is 0 Å². The van der Waals surface area contributed by atoms with Gasteiger partial charge in [-0.1, -0.05) is 0 Å². The van der Waals surface area contributed by atoms with Gasteiger partial charge in [0.1, 0.15) is 0 Å². The molecule has 1 atom stereocenters. The van der Waals surface area contributed by atoms with Gasteiger partial charge < -0.3 is 0 Å². The number of rotatable bonds is 2. The van der Waals surface area contributed by atoms with E-state index in [0.29, 0.717) is 5.75 Å². The Labute approximate surface area is 105 Å². The molecular weight excluding hydrogens is 269 g/mol. The fourth-order valence-electron chi connectivity index (χ4n) is 1.53. The lowest BCUT2D eigenvalue weighted by Gasteiger charge is -2.19. The second kappa shape index (κ2) is 5.35. The SMILES string of the molecule is O=C(c1ccc(F)c(F)c1F)C1CSCCS1. The van der Waals surface area contributed by atoms with Gasteiger partial charge in [-0.3, -0.25) is 4.79 Å². The standard InChI is InChI=1S/C11H9F3OS2/c12-7-2-1-6(9(13)10(7)14)11(15)8-5-16-3-4-17-8/h1-2,8H,3-5H2. The van der Waals surface area contributed by atoms with Gasteiger partial charge in [0.2, 0.25) is 0 Å². The minimum absolute atomic E-state index is 0.357. The molecule has 1 fully saturated rings. The van der Waals surface area contributed by atoms with E-state index in [1.807, 2.05) is 0 Å². The first-order chi connectivity index (χ1) is 8.11. The lowest BCUT2D eigenvalue weighted by molar-refractivity contribution is 0.0990. The molecule has 1 aromatic carbocycles. The van der Waals surface area contributed by atoms with Crippen molar-refractivity contribution in [1.82, 2.24) is 0 Å². The van der Waals surface area contributed by atoms with Crippen LogP contribution in [0.15, 0.2) is 12.1 Å². The van der Waals surface area contributed by atoms with Crippen molar-refractivity contribution in [2.24, 2.45) is 0 Å². The van der Waals surface area contributed by atoms with Crippen LogP contribution in [-0.2, 0) is 0 Å². The molecule has 92 valence electrons. The summed E-state index contributed by atoms with van der Waals surface area (Å²) >= 11 is 3.04. The molecule has 1 saturated heterocycles. The lowest BCUT2D eigenvalue weighted by Crippen LogP contribution is -2.25. The molecule has 1 aliphatic rings. The van der Waals surface area contributed by atoms with Gasteiger partial charge in [0.15, 0.2) is 23.2 Å². The topological polar surface area (TPSA) is 17.1 Å². The molecule has 1 heterocycles. The molecule has 0 N–H and O–H groups in total. The summed E-state index contributed by atoms with van der Waals surface area (Å²) in [7, 11) is 0. The van der Waals surface area contributed by atoms with Gasteiger partial charge in [-0.15, -0.1) is 11.8 Å². The van der Waals surface area contributed by atoms with Crippen molar-refractivity contribution in [3.8, 4) is 0 Å². The third-order valence-electron chi connectivity index (χ3n) is 2.41. The number of thioether (sulfide) groups is 2. The van der Waals surface area contributed by atoms with Crippen LogP contribution in [0.3, 0.4) is 0 Å². The van der Waals surface area contributed by atoms with Gasteiger partial charge in [-0.05, 0) is 12.1 Å². The molecule has 0 aromatic heterocycles. The first-order valence-electron chi connectivity index (χ1n) is 4.98. The summed E-state index contributed by atoms with van der Waals surface area (Å²) < 4.78 is 39.2. The number of Topliss-reactive ketones (excluding diaryl/α,β-unsaturated/α-hetero) is 1. The molecule has 1 aliphatic heterocycles. The summed E-state index contributed by atoms with van der Waals surface area (Å²) in [6.45, 7) is 0. The van der Waals surface area contributed by atoms with Crippen LogP contribution in [0.25, 0.3) is 0 Å². The molecule has 1 unspecified atom stereocenters. The van der Waals surface area contributed by atoms with Crippen LogP contribution in [0.5, 0.6) is 0 Å². The third-order valence-corrected chi connectivity index (χ3v) is 5.16. The van der Waals surface area contributed by atoms with Gasteiger partial charge in [-0.2, -0.15) is 11.8 Å². The van der Waals surface area contributed by atoms with Crippen LogP contribution < -0.4 is 0 Å². The zero-order valence-corrected chi connectivity index (χ0v) is 10.3. The minimum atomic E-state index is -1.58. The highest BCUT2D eigenvalue weighted by Crippen LogP contribution is 2.28. The Balaban J connectivity index is 2.27. The Kier molecular flexibility index (Phi) is 4.04. The van der Waals surface area contributed by atoms with Crippen molar-refractivity contribution in [2.75, 3.05) is 17.3 Å². The Bertz CT molecular complexity index is 445. The zero-order valence-electron chi connectivity index (χ0n) is 8.71. The number of halogens is 3. The molecule has 1 aromatic rings. The number of benzene rings is 1. The minimum Gasteiger partial charge on any atom is -0.293 e. The highest BCUT2D eigenvalue weighted by Gasteiger charge is 2.27. The van der Waals surface area contributed by atoms with E-state index in [1.165, 1.54) is 11.8 Å². The van der Waals surface area contributed by atoms with Crippen molar-refractivity contribution >= 4 is 29.3 Å². The van der Waals surface area contributed by atoms with E-state index >= 15 is 0 Å². The maximum atomic E-state index is 13.4. The summed E-state index contributed by atoms with van der Waals surface area (Å²) in [6.07, 6.45) is 0. The van der Waals surface area contributed by atoms with Gasteiger partial charge in [0, 0.05) is 17.3 Å². The number of carbonyl (C=O) groups is 1. The van der Waals surface area contributed by atoms with E-state index < -0.39 is 23.2 Å². The van der Waals surface area contributed by atoms with Crippen LogP contribution in [0.4, 0.5) is 13.2 Å². The highest BCUT2D eigenvalue weighted by molar-refractivity contribution is 8.07. The number of hydrogen-bond donors (Lipinski definition) is 0. The highest BCUT2D eigenvalue weighted by atomic mass is 32.2. The number of hydrogen-bond acceptors (Lipinski definition) is 3. The molecule has 0 radical (unpaired) electrons. The van der Waals surface area contributed by atoms with Crippen LogP contribution in [0, 0.1) is 17.5 Å². The van der Waals surface area contributed by atoms with Crippen LogP contribution in [0.2, 0.25) is 0 Å². The molecule has 1 nitrogen and oxygen atoms in total. The number of carbonyl (C=O) groups excluding carboxylic acids is 1. The second-order valence-corrected chi connectivity index (χ2v) is 5.98. The molecule has 17 heavy (non-hydrogen) atoms. The molecule has 0 aliphatic carbocycles. The summed E-state index contributed by atoms with van der Waals surface area (Å²) in [6, 6.07) is 1.79. The summed E-state index contributed by atoms with van der Waals surface area (Å²) in [5, 5.41) is -0.367. The predicted molar refractivity (Wildman–Crippen MR) is 64.2 cm³/mol. The maximum Gasteiger partial charge on any atom is 0.195 e. The average molecular weight is 278 g/mol. The smallest absolute Gasteiger partial charge is 0.195 e. The summed E-state index contributed by atoms with van der Waals surface area (Å²) in [4.78, 5) is 11.9. The normalized spacial score (nSPS) is 20.3. The molecule has 6 heteroatoms. The molecule has 0 spiro atoms. The first kappa shape index (κ1) is 12.8. The molecule has 0 saturated carbocycles. The first-order valence-corrected chi connectivity index (χ1v) is 7.18. The predicted octanol–water partition coefficient (Wildman–Crippen LogP) is 3.14. The van der Waals surface area contributed by atoms with Crippen molar-refractivity contribution in [3.05, 3.63) is 35.1 Å². The monoisotopic (exact) mass is 278 g/mol. The van der Waals surface area contributed by atoms with Crippen LogP contribution in [0.1, 0.15) is 10.4 Å². The Hall–Kier alpha value is -0.620. The Morgan fingerprint density at radius 2 is 1.94 bits per heavy atom. The fourth-order valence-corrected chi connectivity index (χ4v) is 4.15. The Morgan fingerprint density at radius 1 is 1.18 bits per heavy atom. The van der Waals surface area contributed by atoms with Gasteiger partial charge in [0.25, 0.3) is 0 Å². The molecule has 0 amide bonds. The fraction of sp³-hybridized carbons (Fsp3) is 0.364. The van der Waals surface area contributed by atoms with Gasteiger partial charge in [-0.25, -0.2) is 13.2 Å². The quantitative estimate of drug-likeness (QED) is 0.611. The largest absolute Gasteiger partial charge is 0.293 e. The third kappa shape index (κ3) is 2.63. The summed E-state index contributed by atoms with van der Waals surface area (Å²) in [5.74, 6) is -2.35. The zero-order chi connectivity index (χ0) is 12.4. The lowest BCUT2D eigenvalue weighted by atomic mass is 10.1. The second-order valence-electron chi connectivity index (χ2n) is 3.52. The van der Waals surface area contributed by atoms with E-state index in [9.17, 15) is 18.0 Å². The average Bonchev–Trinajstić information content (AvgIpc) is 2.36. The summed E-state index contributed by atoms with van der Waals surface area (Å²) in [5.41, 5.74) is -0.357. The molecule has 0 bridgehead atoms. The van der Waals surface area contributed by atoms with Crippen molar-refractivity contribution in [3.63, 3.8) is 0 Å². The Morgan fingerprint density at radius 3 is 2.59 bits per heavy atom. The maximum absolute atomic E-state index is 13.4. The van der Waals surface area contributed by atoms with Crippen molar-refractivity contribution in [2.45, 2.75) is 5.25 Å². The van der Waals surface area contributed by atoms with E-state index in [1.54, 1.807) is 11.8 Å². The van der Waals surface area contributed by atoms with E-state index in [-0.39, 0.29) is 10.8 Å².